The molecular weight excluding hydrogens is 524 g/mol. The predicted octanol–water partition coefficient (Wildman–Crippen LogP) is 3.48. The van der Waals surface area contributed by atoms with E-state index in [4.69, 9.17) is 23.9 Å². The van der Waals surface area contributed by atoms with Crippen molar-refractivity contribution >= 4 is 21.8 Å². The minimum Gasteiger partial charge on any atom is -0.493 e. The standard InChI is InChI=1S/C27H34N4O7S/c1-27(2,3)31(39(33,34)20-10-6-5-7-11-20)24-23(38-22-13-9-8-12-21(22)35-4)25(37-19-16-32)29-26(28-24)30-14-17-36-18-15-30/h5-13,32H,14-19H2,1-4H3. The van der Waals surface area contributed by atoms with Gasteiger partial charge in [0.1, 0.15) is 6.61 Å². The third-order valence-electron chi connectivity index (χ3n) is 5.79. The van der Waals surface area contributed by atoms with Gasteiger partial charge in [0.2, 0.25) is 11.7 Å². The molecule has 0 atom stereocenters. The SMILES string of the molecule is COc1ccccc1Oc1c(OCCO)nc(N2CCOCC2)nc1N(C(C)(C)C)S(=O)(=O)c1ccccc1. The van der Waals surface area contributed by atoms with E-state index in [-0.39, 0.29) is 41.5 Å². The van der Waals surface area contributed by atoms with E-state index in [1.54, 1.807) is 63.2 Å². The van der Waals surface area contributed by atoms with Crippen LogP contribution in [0.15, 0.2) is 59.5 Å². The Balaban J connectivity index is 2.00. The lowest BCUT2D eigenvalue weighted by Crippen LogP contribution is -2.47. The Morgan fingerprint density at radius 3 is 2.26 bits per heavy atom. The van der Waals surface area contributed by atoms with Crippen LogP contribution in [0.4, 0.5) is 11.8 Å². The molecule has 11 nitrogen and oxygen atoms in total. The fourth-order valence-electron chi connectivity index (χ4n) is 4.08. The summed E-state index contributed by atoms with van der Waals surface area (Å²) >= 11 is 0. The number of para-hydroxylation sites is 2. The first-order valence-corrected chi connectivity index (χ1v) is 14.0. The Morgan fingerprint density at radius 1 is 1.00 bits per heavy atom. The van der Waals surface area contributed by atoms with Crippen molar-refractivity contribution in [1.29, 1.82) is 0 Å². The van der Waals surface area contributed by atoms with Gasteiger partial charge in [0.05, 0.1) is 31.8 Å². The van der Waals surface area contributed by atoms with Crippen LogP contribution in [0.5, 0.6) is 23.1 Å². The number of hydrogen-bond donors (Lipinski definition) is 1. The number of hydrogen-bond acceptors (Lipinski definition) is 10. The summed E-state index contributed by atoms with van der Waals surface area (Å²) in [6.07, 6.45) is 0. The highest BCUT2D eigenvalue weighted by Crippen LogP contribution is 2.45. The Morgan fingerprint density at radius 2 is 1.64 bits per heavy atom. The second kappa shape index (κ2) is 12.1. The molecule has 1 aromatic heterocycles. The Hall–Kier alpha value is -3.61. The van der Waals surface area contributed by atoms with Crippen molar-refractivity contribution in [3.05, 3.63) is 54.6 Å². The number of anilines is 2. The molecule has 0 amide bonds. The van der Waals surface area contributed by atoms with Gasteiger partial charge in [0.25, 0.3) is 15.9 Å². The van der Waals surface area contributed by atoms with E-state index < -0.39 is 15.6 Å². The molecule has 0 bridgehead atoms. The molecule has 210 valence electrons. The van der Waals surface area contributed by atoms with Crippen molar-refractivity contribution in [2.24, 2.45) is 0 Å². The number of benzene rings is 2. The van der Waals surface area contributed by atoms with Gasteiger partial charge in [-0.05, 0) is 45.0 Å². The molecule has 3 aromatic rings. The van der Waals surface area contributed by atoms with Crippen LogP contribution in [0.2, 0.25) is 0 Å². The minimum atomic E-state index is -4.14. The van der Waals surface area contributed by atoms with Crippen molar-refractivity contribution in [2.75, 3.05) is 55.8 Å². The number of aromatic nitrogens is 2. The number of methoxy groups -OCH3 is 1. The van der Waals surface area contributed by atoms with Gasteiger partial charge in [-0.15, -0.1) is 0 Å². The second-order valence-electron chi connectivity index (χ2n) is 9.66. The van der Waals surface area contributed by atoms with Gasteiger partial charge >= 0.3 is 0 Å². The Labute approximate surface area is 229 Å². The molecule has 2 aromatic carbocycles. The largest absolute Gasteiger partial charge is 0.493 e. The molecule has 1 fully saturated rings. The van der Waals surface area contributed by atoms with Crippen LogP contribution in [0.3, 0.4) is 0 Å². The number of aliphatic hydroxyl groups excluding tert-OH is 1. The highest BCUT2D eigenvalue weighted by atomic mass is 32.2. The molecule has 0 radical (unpaired) electrons. The Kier molecular flexibility index (Phi) is 8.78. The zero-order valence-corrected chi connectivity index (χ0v) is 23.3. The van der Waals surface area contributed by atoms with E-state index >= 15 is 0 Å². The molecule has 0 spiro atoms. The maximum Gasteiger partial charge on any atom is 0.266 e. The first kappa shape index (κ1) is 28.4. The van der Waals surface area contributed by atoms with E-state index in [0.29, 0.717) is 37.8 Å². The van der Waals surface area contributed by atoms with Crippen LogP contribution in [-0.4, -0.2) is 75.7 Å². The number of morpholine rings is 1. The summed E-state index contributed by atoms with van der Waals surface area (Å²) in [6.45, 7) is 6.88. The summed E-state index contributed by atoms with van der Waals surface area (Å²) in [5, 5.41) is 9.53. The molecule has 0 unspecified atom stereocenters. The maximum atomic E-state index is 14.2. The first-order valence-electron chi connectivity index (χ1n) is 12.6. The summed E-state index contributed by atoms with van der Waals surface area (Å²) in [4.78, 5) is 11.4. The van der Waals surface area contributed by atoms with Crippen molar-refractivity contribution in [3.8, 4) is 23.1 Å². The van der Waals surface area contributed by atoms with Gasteiger partial charge in [-0.3, -0.25) is 0 Å². The summed E-state index contributed by atoms with van der Waals surface area (Å²) in [6, 6.07) is 15.1. The first-order chi connectivity index (χ1) is 18.7. The monoisotopic (exact) mass is 558 g/mol. The van der Waals surface area contributed by atoms with E-state index in [1.165, 1.54) is 23.5 Å². The summed E-state index contributed by atoms with van der Waals surface area (Å²) in [7, 11) is -2.64. The molecule has 1 aliphatic heterocycles. The van der Waals surface area contributed by atoms with E-state index in [0.717, 1.165) is 0 Å². The van der Waals surface area contributed by atoms with Crippen LogP contribution in [-0.2, 0) is 14.8 Å². The van der Waals surface area contributed by atoms with Gasteiger partial charge in [0, 0.05) is 18.6 Å². The fraction of sp³-hybridized carbons (Fsp3) is 0.407. The Bertz CT molecular complexity index is 1360. The number of sulfonamides is 1. The molecule has 12 heteroatoms. The topological polar surface area (TPSA) is 124 Å². The third kappa shape index (κ3) is 6.35. The highest BCUT2D eigenvalue weighted by molar-refractivity contribution is 7.92. The van der Waals surface area contributed by atoms with Gasteiger partial charge in [-0.25, -0.2) is 12.7 Å². The summed E-state index contributed by atoms with van der Waals surface area (Å²) < 4.78 is 52.7. The van der Waals surface area contributed by atoms with Crippen LogP contribution in [0.1, 0.15) is 20.8 Å². The zero-order chi connectivity index (χ0) is 28.0. The average Bonchev–Trinajstić information content (AvgIpc) is 2.93. The summed E-state index contributed by atoms with van der Waals surface area (Å²) in [5.74, 6) is 0.928. The molecule has 4 rings (SSSR count). The zero-order valence-electron chi connectivity index (χ0n) is 22.5. The molecule has 1 saturated heterocycles. The van der Waals surface area contributed by atoms with Crippen molar-refractivity contribution in [2.45, 2.75) is 31.2 Å². The molecular formula is C27H34N4O7S. The van der Waals surface area contributed by atoms with Crippen LogP contribution in [0, 0.1) is 0 Å². The lowest BCUT2D eigenvalue weighted by Gasteiger charge is -2.37. The van der Waals surface area contributed by atoms with E-state index in [9.17, 15) is 13.5 Å². The second-order valence-corrected chi connectivity index (χ2v) is 11.4. The number of ether oxygens (including phenoxy) is 4. The average molecular weight is 559 g/mol. The van der Waals surface area contributed by atoms with Crippen LogP contribution >= 0.6 is 0 Å². The lowest BCUT2D eigenvalue weighted by molar-refractivity contribution is 0.122. The minimum absolute atomic E-state index is 0.0123. The number of aliphatic hydroxyl groups is 1. The van der Waals surface area contributed by atoms with Crippen molar-refractivity contribution in [1.82, 2.24) is 9.97 Å². The summed E-state index contributed by atoms with van der Waals surface area (Å²) in [5.41, 5.74) is -0.988. The van der Waals surface area contributed by atoms with Gasteiger partial charge in [0.15, 0.2) is 17.3 Å². The van der Waals surface area contributed by atoms with E-state index in [1.807, 2.05) is 4.90 Å². The normalized spacial score (nSPS) is 14.1. The smallest absolute Gasteiger partial charge is 0.266 e. The molecule has 0 saturated carbocycles. The van der Waals surface area contributed by atoms with Gasteiger partial charge in [-0.2, -0.15) is 9.97 Å². The van der Waals surface area contributed by atoms with Crippen molar-refractivity contribution in [3.63, 3.8) is 0 Å². The molecule has 0 aliphatic carbocycles. The van der Waals surface area contributed by atoms with Gasteiger partial charge < -0.3 is 29.0 Å². The van der Waals surface area contributed by atoms with Gasteiger partial charge in [-0.1, -0.05) is 30.3 Å². The quantitative estimate of drug-likeness (QED) is 0.396. The fourth-order valence-corrected chi connectivity index (χ4v) is 5.87. The van der Waals surface area contributed by atoms with Crippen molar-refractivity contribution < 1.29 is 32.5 Å². The maximum absolute atomic E-state index is 14.2. The molecule has 1 aliphatic rings. The third-order valence-corrected chi connectivity index (χ3v) is 7.86. The number of nitrogens with zero attached hydrogens (tertiary/aromatic N) is 4. The molecule has 39 heavy (non-hydrogen) atoms. The van der Waals surface area contributed by atoms with Crippen LogP contribution < -0.4 is 23.4 Å². The molecule has 2 heterocycles. The lowest BCUT2D eigenvalue weighted by atomic mass is 10.1. The predicted molar refractivity (Wildman–Crippen MR) is 147 cm³/mol. The number of rotatable bonds is 10. The molecule has 1 N–H and O–H groups in total. The van der Waals surface area contributed by atoms with Crippen LogP contribution in [0.25, 0.3) is 0 Å². The van der Waals surface area contributed by atoms with E-state index in [2.05, 4.69) is 4.98 Å². The highest BCUT2D eigenvalue weighted by Gasteiger charge is 2.40.